The summed E-state index contributed by atoms with van der Waals surface area (Å²) in [5.74, 6) is 1.89. The van der Waals surface area contributed by atoms with Crippen molar-refractivity contribution in [1.29, 1.82) is 0 Å². The molecule has 0 amide bonds. The number of hydrogen-bond donors (Lipinski definition) is 1. The Bertz CT molecular complexity index is 694. The summed E-state index contributed by atoms with van der Waals surface area (Å²) in [7, 11) is 6.29. The van der Waals surface area contributed by atoms with Crippen molar-refractivity contribution in [1.82, 2.24) is 9.97 Å². The Morgan fingerprint density at radius 1 is 1.06 bits per heavy atom. The standard InChI is InChI=1S/C8H11NO3.C6H7NO2.C2H5BrO.C2H2FO3.2K/c1-10-6-12-7-3-4-8(11-2)9-5-7;1-9-6-3-2-5(8)4-7-6;1-4-2-3;3-1-5-6-2-4;;/h3-5H,6H2,1-2H3;2-4,8H,1H3;2H2,1H3;1-2H;;/q;;;-1;2*+1/i;;;2D;;. The van der Waals surface area contributed by atoms with Crippen LogP contribution < -0.4 is 117 Å². The van der Waals surface area contributed by atoms with Crippen LogP contribution in [0.25, 0.3) is 0 Å². The first kappa shape index (κ1) is 38.1. The monoisotopic (exact) mass is 590 g/mol. The Balaban J connectivity index is -0.000000184. The Morgan fingerprint density at radius 2 is 1.61 bits per heavy atom. The Kier molecular flexibility index (Phi) is 37.5. The summed E-state index contributed by atoms with van der Waals surface area (Å²) in [6.45, 7) is -0.111. The maximum absolute atomic E-state index is 10.6. The zero-order chi connectivity index (χ0) is 24.6. The number of rotatable bonds is 8. The van der Waals surface area contributed by atoms with Gasteiger partial charge in [-0.3, -0.25) is 4.79 Å². The van der Waals surface area contributed by atoms with E-state index in [1.165, 1.54) is 19.4 Å². The van der Waals surface area contributed by atoms with Crippen LogP contribution in [-0.4, -0.2) is 62.3 Å². The first-order chi connectivity index (χ1) is 15.4. The first-order valence-electron chi connectivity index (χ1n) is 8.49. The molecule has 33 heavy (non-hydrogen) atoms. The average Bonchev–Trinajstić information content (AvgIpc) is 2.83. The van der Waals surface area contributed by atoms with Gasteiger partial charge in [0, 0.05) is 26.4 Å². The summed E-state index contributed by atoms with van der Waals surface area (Å²) in [6.07, 6.45) is 1.48. The summed E-state index contributed by atoms with van der Waals surface area (Å²) in [5, 5.41) is 8.73. The number of aromatic nitrogens is 2. The molecule has 0 atom stereocenters. The number of carbonyl (C=O) groups is 1. The molecule has 0 aliphatic heterocycles. The minimum atomic E-state index is -1.44. The van der Waals surface area contributed by atoms with E-state index in [0.29, 0.717) is 23.0 Å². The molecule has 11 nitrogen and oxygen atoms in total. The molecule has 0 saturated heterocycles. The van der Waals surface area contributed by atoms with Gasteiger partial charge in [0.05, 0.1) is 26.6 Å². The third-order valence-corrected chi connectivity index (χ3v) is 2.88. The molecule has 2 aromatic heterocycles. The molecule has 0 aliphatic carbocycles. The Labute approximate surface area is 287 Å². The van der Waals surface area contributed by atoms with Crippen molar-refractivity contribution in [2.24, 2.45) is 0 Å². The van der Waals surface area contributed by atoms with Gasteiger partial charge >= 0.3 is 109 Å². The van der Waals surface area contributed by atoms with Crippen LogP contribution >= 0.6 is 15.9 Å². The Hall–Kier alpha value is 0.533. The molecule has 2 heterocycles. The normalized spacial score (nSPS) is 8.61. The van der Waals surface area contributed by atoms with Crippen LogP contribution in [0.1, 0.15) is 1.37 Å². The summed E-state index contributed by atoms with van der Waals surface area (Å²) >= 11 is 3.03. The van der Waals surface area contributed by atoms with Crippen molar-refractivity contribution >= 4 is 22.4 Å². The molecule has 0 bridgehead atoms. The largest absolute Gasteiger partial charge is 1.00 e. The van der Waals surface area contributed by atoms with Gasteiger partial charge in [-0.05, 0) is 19.0 Å². The molecular formula is C18H25BrFK2N2O9+. The minimum absolute atomic E-state index is 0. The molecule has 2 rings (SSSR count). The van der Waals surface area contributed by atoms with Crippen molar-refractivity contribution in [3.05, 3.63) is 43.5 Å². The molecule has 0 spiro atoms. The fourth-order valence-electron chi connectivity index (χ4n) is 1.23. The SMILES string of the molecule is COCBr.COCOc1ccc(OC)nc1.COc1ccc(O)cn1.[2H]C(=O)OO[CH-]F.[K+].[K+]. The molecule has 176 valence electrons. The fourth-order valence-corrected chi connectivity index (χ4v) is 1.23. The quantitative estimate of drug-likeness (QED) is 0.0644. The van der Waals surface area contributed by atoms with Gasteiger partial charge in [-0.1, -0.05) is 15.9 Å². The smallest absolute Gasteiger partial charge is 0.506 e. The molecule has 1 N–H and O–H groups in total. The number of nitrogens with zero attached hydrogens (tertiary/aromatic N) is 2. The molecule has 0 radical (unpaired) electrons. The predicted octanol–water partition coefficient (Wildman–Crippen LogP) is -2.96. The maximum atomic E-state index is 10.6. The third kappa shape index (κ3) is 28.7. The number of carbonyl (C=O) groups excluding carboxylic acids is 1. The van der Waals surface area contributed by atoms with E-state index in [9.17, 15) is 9.18 Å². The van der Waals surface area contributed by atoms with Crippen molar-refractivity contribution < 1.29 is 152 Å². The van der Waals surface area contributed by atoms with Crippen molar-refractivity contribution in [2.45, 2.75) is 0 Å². The number of aromatic hydroxyl groups is 1. The van der Waals surface area contributed by atoms with E-state index < -0.39 is 6.45 Å². The molecule has 0 fully saturated rings. The van der Waals surface area contributed by atoms with Gasteiger partial charge in [0.15, 0.2) is 8.16 Å². The van der Waals surface area contributed by atoms with E-state index in [0.717, 1.165) is 0 Å². The summed E-state index contributed by atoms with van der Waals surface area (Å²) in [6, 6.07) is 6.61. The van der Waals surface area contributed by atoms with Gasteiger partial charge < -0.3 is 43.0 Å². The van der Waals surface area contributed by atoms with Gasteiger partial charge in [-0.2, -0.15) is 0 Å². The van der Waals surface area contributed by atoms with E-state index in [4.69, 9.17) is 25.4 Å². The van der Waals surface area contributed by atoms with E-state index in [1.807, 2.05) is 0 Å². The summed E-state index contributed by atoms with van der Waals surface area (Å²) in [5.41, 5.74) is 0.632. The predicted molar refractivity (Wildman–Crippen MR) is 110 cm³/mol. The topological polar surface area (TPSA) is 128 Å². The van der Waals surface area contributed by atoms with E-state index >= 15 is 0 Å². The van der Waals surface area contributed by atoms with Gasteiger partial charge in [0.2, 0.25) is 11.8 Å². The molecule has 2 aromatic rings. The van der Waals surface area contributed by atoms with Crippen LogP contribution in [0.15, 0.2) is 36.7 Å². The zero-order valence-corrected chi connectivity index (χ0v) is 27.2. The van der Waals surface area contributed by atoms with Gasteiger partial charge in [0.25, 0.3) is 0 Å². The second kappa shape index (κ2) is 32.5. The van der Waals surface area contributed by atoms with Crippen LogP contribution in [0.5, 0.6) is 23.3 Å². The summed E-state index contributed by atoms with van der Waals surface area (Å²) in [4.78, 5) is 23.6. The van der Waals surface area contributed by atoms with Crippen molar-refractivity contribution in [3.63, 3.8) is 0 Å². The second-order valence-corrected chi connectivity index (χ2v) is 4.85. The number of ether oxygens (including phenoxy) is 5. The molecule has 0 saturated carbocycles. The van der Waals surface area contributed by atoms with Crippen molar-refractivity contribution in [2.75, 3.05) is 40.7 Å². The maximum Gasteiger partial charge on any atom is 1.00 e. The molecular weight excluding hydrogens is 565 g/mol. The van der Waals surface area contributed by atoms with Crippen LogP contribution in [0, 0.1) is 6.86 Å². The summed E-state index contributed by atoms with van der Waals surface area (Å²) < 4.78 is 40.5. The zero-order valence-electron chi connectivity index (χ0n) is 20.3. The van der Waals surface area contributed by atoms with E-state index in [2.05, 4.69) is 40.4 Å². The first-order valence-corrected chi connectivity index (χ1v) is 9.11. The van der Waals surface area contributed by atoms with Gasteiger partial charge in [-0.25, -0.2) is 9.97 Å². The van der Waals surface area contributed by atoms with Crippen LogP contribution in [0.3, 0.4) is 0 Å². The van der Waals surface area contributed by atoms with Crippen LogP contribution in [0.4, 0.5) is 4.39 Å². The molecule has 15 heteroatoms. The van der Waals surface area contributed by atoms with E-state index in [-0.39, 0.29) is 122 Å². The third-order valence-electron chi connectivity index (χ3n) is 2.42. The molecule has 0 aromatic carbocycles. The Morgan fingerprint density at radius 3 is 1.91 bits per heavy atom. The van der Waals surface area contributed by atoms with Crippen LogP contribution in [0.2, 0.25) is 0 Å². The minimum Gasteiger partial charge on any atom is -0.506 e. The number of methoxy groups -OCH3 is 4. The number of alkyl halides is 1. The number of halogens is 2. The van der Waals surface area contributed by atoms with Crippen LogP contribution in [-0.2, 0) is 24.0 Å². The van der Waals surface area contributed by atoms with Gasteiger partial charge in [-0.15, -0.1) is 0 Å². The number of hydrogen-bond acceptors (Lipinski definition) is 11. The fraction of sp³-hybridized carbons (Fsp3) is 0.333. The second-order valence-electron chi connectivity index (χ2n) is 4.40. The average molecular weight is 592 g/mol. The molecule has 0 aliphatic rings. The van der Waals surface area contributed by atoms with E-state index in [1.54, 1.807) is 45.7 Å². The molecule has 0 unspecified atom stereocenters. The van der Waals surface area contributed by atoms with Crippen molar-refractivity contribution in [3.8, 4) is 23.3 Å². The number of pyridine rings is 2. The van der Waals surface area contributed by atoms with Gasteiger partial charge in [0.1, 0.15) is 17.0 Å².